The maximum atomic E-state index is 12.1. The van der Waals surface area contributed by atoms with E-state index >= 15 is 0 Å². The molecule has 28 heavy (non-hydrogen) atoms. The minimum Gasteiger partial charge on any atom is -0.484 e. The minimum absolute atomic E-state index is 0.0740. The molecule has 1 aromatic carbocycles. The van der Waals surface area contributed by atoms with E-state index in [9.17, 15) is 22.8 Å². The van der Waals surface area contributed by atoms with Gasteiger partial charge >= 0.3 is 6.18 Å². The minimum atomic E-state index is -4.39. The Morgan fingerprint density at radius 1 is 1.18 bits per heavy atom. The van der Waals surface area contributed by atoms with Gasteiger partial charge in [-0.3, -0.25) is 9.59 Å². The van der Waals surface area contributed by atoms with E-state index in [1.54, 1.807) is 25.1 Å². The first-order chi connectivity index (χ1) is 13.2. The molecule has 0 fully saturated rings. The molecule has 0 bridgehead atoms. The van der Waals surface area contributed by atoms with Gasteiger partial charge in [0.25, 0.3) is 0 Å². The standard InChI is InChI=1S/C17H18F3N3O4S/c1-11-6-14(23-27-11)22-16(25)9-28-8-15(24)21-7-12-2-4-13(5-3-12)26-10-17(18,19)20/h2-6H,7-10H2,1H3,(H,21,24)(H,22,23,25). The van der Waals surface area contributed by atoms with Gasteiger partial charge in [0, 0.05) is 12.6 Å². The number of benzene rings is 1. The van der Waals surface area contributed by atoms with E-state index in [4.69, 9.17) is 4.52 Å². The van der Waals surface area contributed by atoms with Crippen LogP contribution in [0.3, 0.4) is 0 Å². The highest BCUT2D eigenvalue weighted by Gasteiger charge is 2.28. The van der Waals surface area contributed by atoms with Crippen molar-refractivity contribution in [2.24, 2.45) is 0 Å². The van der Waals surface area contributed by atoms with E-state index in [1.165, 1.54) is 12.1 Å². The van der Waals surface area contributed by atoms with Gasteiger partial charge < -0.3 is 19.9 Å². The van der Waals surface area contributed by atoms with Gasteiger partial charge in [-0.2, -0.15) is 13.2 Å². The molecule has 2 aromatic rings. The molecule has 0 radical (unpaired) electrons. The second kappa shape index (κ2) is 10.0. The van der Waals surface area contributed by atoms with E-state index in [0.29, 0.717) is 17.1 Å². The first kappa shape index (κ1) is 21.6. The van der Waals surface area contributed by atoms with Gasteiger partial charge in [-0.1, -0.05) is 17.3 Å². The van der Waals surface area contributed by atoms with Crippen molar-refractivity contribution in [2.45, 2.75) is 19.6 Å². The topological polar surface area (TPSA) is 93.5 Å². The summed E-state index contributed by atoms with van der Waals surface area (Å²) >= 11 is 1.13. The Hall–Kier alpha value is -2.69. The molecule has 11 heteroatoms. The van der Waals surface area contributed by atoms with E-state index in [1.807, 2.05) is 0 Å². The summed E-state index contributed by atoms with van der Waals surface area (Å²) < 4.78 is 45.7. The zero-order valence-electron chi connectivity index (χ0n) is 14.8. The molecule has 2 amide bonds. The number of anilines is 1. The second-order valence-electron chi connectivity index (χ2n) is 5.69. The summed E-state index contributed by atoms with van der Waals surface area (Å²) in [4.78, 5) is 23.5. The Labute approximate surface area is 163 Å². The number of carbonyl (C=O) groups excluding carboxylic acids is 2. The fourth-order valence-corrected chi connectivity index (χ4v) is 2.61. The molecule has 2 N–H and O–H groups in total. The molecule has 0 unspecified atom stereocenters. The number of carbonyl (C=O) groups is 2. The van der Waals surface area contributed by atoms with Gasteiger partial charge in [0.15, 0.2) is 12.4 Å². The predicted molar refractivity (Wildman–Crippen MR) is 97.0 cm³/mol. The number of nitrogens with zero attached hydrogens (tertiary/aromatic N) is 1. The third-order valence-corrected chi connectivity index (χ3v) is 4.11. The fourth-order valence-electron chi connectivity index (χ4n) is 1.96. The Morgan fingerprint density at radius 3 is 2.46 bits per heavy atom. The van der Waals surface area contributed by atoms with Crippen molar-refractivity contribution < 1.29 is 32.0 Å². The SMILES string of the molecule is Cc1cc(NC(=O)CSCC(=O)NCc2ccc(OCC(F)(F)F)cc2)no1. The average Bonchev–Trinajstić information content (AvgIpc) is 3.03. The normalized spacial score (nSPS) is 11.1. The highest BCUT2D eigenvalue weighted by atomic mass is 32.2. The summed E-state index contributed by atoms with van der Waals surface area (Å²) in [6.45, 7) is 0.554. The van der Waals surface area contributed by atoms with Gasteiger partial charge in [-0.05, 0) is 24.6 Å². The van der Waals surface area contributed by atoms with Crippen LogP contribution < -0.4 is 15.4 Å². The predicted octanol–water partition coefficient (Wildman–Crippen LogP) is 2.91. The van der Waals surface area contributed by atoms with Crippen LogP contribution in [-0.2, 0) is 16.1 Å². The summed E-state index contributed by atoms with van der Waals surface area (Å²) in [5.74, 6) is 0.560. The van der Waals surface area contributed by atoms with Crippen LogP contribution in [0.4, 0.5) is 19.0 Å². The monoisotopic (exact) mass is 417 g/mol. The molecule has 0 atom stereocenters. The summed E-state index contributed by atoms with van der Waals surface area (Å²) in [7, 11) is 0. The number of halogens is 3. The van der Waals surface area contributed by atoms with E-state index in [2.05, 4.69) is 20.5 Å². The average molecular weight is 417 g/mol. The lowest BCUT2D eigenvalue weighted by Crippen LogP contribution is -2.25. The molecule has 0 saturated heterocycles. The number of aromatic nitrogens is 1. The third-order valence-electron chi connectivity index (χ3n) is 3.18. The molecule has 7 nitrogen and oxygen atoms in total. The lowest BCUT2D eigenvalue weighted by atomic mass is 10.2. The zero-order valence-corrected chi connectivity index (χ0v) is 15.7. The van der Waals surface area contributed by atoms with Crippen molar-refractivity contribution in [3.8, 4) is 5.75 Å². The van der Waals surface area contributed by atoms with Gasteiger partial charge in [-0.15, -0.1) is 11.8 Å². The van der Waals surface area contributed by atoms with Crippen molar-refractivity contribution in [3.63, 3.8) is 0 Å². The van der Waals surface area contributed by atoms with Crippen molar-refractivity contribution in [2.75, 3.05) is 23.4 Å². The number of nitrogens with one attached hydrogen (secondary N) is 2. The summed E-state index contributed by atoms with van der Waals surface area (Å²) in [6.07, 6.45) is -4.39. The number of hydrogen-bond donors (Lipinski definition) is 2. The van der Waals surface area contributed by atoms with E-state index in [-0.39, 0.29) is 35.6 Å². The fraction of sp³-hybridized carbons (Fsp3) is 0.353. The summed E-state index contributed by atoms with van der Waals surface area (Å²) in [6, 6.07) is 7.50. The number of rotatable bonds is 9. The van der Waals surface area contributed by atoms with Crippen molar-refractivity contribution in [1.29, 1.82) is 0 Å². The number of aryl methyl sites for hydroxylation is 1. The van der Waals surface area contributed by atoms with Gasteiger partial charge in [0.1, 0.15) is 11.5 Å². The molecule has 152 valence electrons. The molecular weight excluding hydrogens is 399 g/mol. The van der Waals surface area contributed by atoms with Crippen LogP contribution in [0.25, 0.3) is 0 Å². The van der Waals surface area contributed by atoms with Crippen LogP contribution in [0.5, 0.6) is 5.75 Å². The molecule has 0 aliphatic carbocycles. The van der Waals surface area contributed by atoms with Crippen molar-refractivity contribution in [3.05, 3.63) is 41.7 Å². The summed E-state index contributed by atoms with van der Waals surface area (Å²) in [5.41, 5.74) is 0.705. The Balaban J connectivity index is 1.63. The van der Waals surface area contributed by atoms with E-state index < -0.39 is 12.8 Å². The van der Waals surface area contributed by atoms with Gasteiger partial charge in [-0.25, -0.2) is 0 Å². The number of thioether (sulfide) groups is 1. The van der Waals surface area contributed by atoms with Crippen molar-refractivity contribution >= 4 is 29.4 Å². The Bertz CT molecular complexity index is 794. The van der Waals surface area contributed by atoms with Crippen molar-refractivity contribution in [1.82, 2.24) is 10.5 Å². The first-order valence-electron chi connectivity index (χ1n) is 8.07. The molecule has 1 heterocycles. The highest BCUT2D eigenvalue weighted by molar-refractivity contribution is 8.00. The summed E-state index contributed by atoms with van der Waals surface area (Å²) in [5, 5.41) is 8.83. The zero-order chi connectivity index (χ0) is 20.6. The van der Waals surface area contributed by atoms with Crippen LogP contribution in [-0.4, -0.2) is 41.3 Å². The molecule has 0 aliphatic heterocycles. The van der Waals surface area contributed by atoms with Crippen LogP contribution in [0.2, 0.25) is 0 Å². The number of hydrogen-bond acceptors (Lipinski definition) is 6. The van der Waals surface area contributed by atoms with Crippen LogP contribution >= 0.6 is 11.8 Å². The largest absolute Gasteiger partial charge is 0.484 e. The number of alkyl halides is 3. The molecule has 1 aromatic heterocycles. The number of ether oxygens (including phenoxy) is 1. The maximum absolute atomic E-state index is 12.1. The van der Waals surface area contributed by atoms with E-state index in [0.717, 1.165) is 11.8 Å². The smallest absolute Gasteiger partial charge is 0.422 e. The molecule has 0 aliphatic rings. The van der Waals surface area contributed by atoms with Gasteiger partial charge in [0.2, 0.25) is 11.8 Å². The third kappa shape index (κ3) is 8.33. The lowest BCUT2D eigenvalue weighted by molar-refractivity contribution is -0.153. The van der Waals surface area contributed by atoms with Crippen LogP contribution in [0, 0.1) is 6.92 Å². The molecular formula is C17H18F3N3O4S. The second-order valence-corrected chi connectivity index (χ2v) is 6.67. The van der Waals surface area contributed by atoms with Crippen LogP contribution in [0.15, 0.2) is 34.9 Å². The quantitative estimate of drug-likeness (QED) is 0.652. The van der Waals surface area contributed by atoms with Gasteiger partial charge in [0.05, 0.1) is 11.5 Å². The molecule has 2 rings (SSSR count). The first-order valence-corrected chi connectivity index (χ1v) is 9.23. The van der Waals surface area contributed by atoms with Crippen LogP contribution in [0.1, 0.15) is 11.3 Å². The highest BCUT2D eigenvalue weighted by Crippen LogP contribution is 2.18. The number of amides is 2. The molecule has 0 spiro atoms. The Morgan fingerprint density at radius 2 is 1.86 bits per heavy atom. The maximum Gasteiger partial charge on any atom is 0.422 e. The molecule has 0 saturated carbocycles. The lowest BCUT2D eigenvalue weighted by Gasteiger charge is -2.10. The Kier molecular flexibility index (Phi) is 7.73.